The zero-order chi connectivity index (χ0) is 44.5. The molecule has 346 valence electrons. The summed E-state index contributed by atoms with van der Waals surface area (Å²) in [6, 6.07) is -3.46. The maximum Gasteiger partial charge on any atom is 0.217 e. The van der Waals surface area contributed by atoms with Crippen molar-refractivity contribution in [2.75, 3.05) is 32.9 Å². The molecule has 3 amide bonds. The maximum atomic E-state index is 12.2. The fourth-order valence-electron chi connectivity index (χ4n) is 7.24. The second kappa shape index (κ2) is 26.1. The molecule has 0 aromatic heterocycles. The number of carbonyl (C=O) groups excluding carboxylic acids is 3. The highest BCUT2D eigenvalue weighted by Gasteiger charge is 2.52. The van der Waals surface area contributed by atoms with E-state index in [0.717, 1.165) is 51.4 Å². The molecule has 0 radical (unpaired) electrons. The molecule has 22 nitrogen and oxygen atoms in total. The van der Waals surface area contributed by atoms with Crippen molar-refractivity contribution in [2.45, 2.75) is 164 Å². The maximum absolute atomic E-state index is 12.2. The van der Waals surface area contributed by atoms with E-state index < -0.39 is 129 Å². The Balaban J connectivity index is 1.35. The van der Waals surface area contributed by atoms with Gasteiger partial charge in [0.25, 0.3) is 0 Å². The van der Waals surface area contributed by atoms with Gasteiger partial charge in [-0.2, -0.15) is 0 Å². The predicted molar refractivity (Wildman–Crippen MR) is 219 cm³/mol. The molecule has 24 heteroatoms. The van der Waals surface area contributed by atoms with E-state index >= 15 is 0 Å². The molecule has 15 atom stereocenters. The summed E-state index contributed by atoms with van der Waals surface area (Å²) in [5.41, 5.74) is 0. The lowest BCUT2D eigenvalue weighted by Gasteiger charge is -2.48. The number of nitrogens with one attached hydrogen (secondary N) is 7. The summed E-state index contributed by atoms with van der Waals surface area (Å²) in [5.74, 6) is -1.53. The first-order chi connectivity index (χ1) is 28.5. The van der Waals surface area contributed by atoms with Crippen LogP contribution in [0.1, 0.15) is 72.1 Å². The van der Waals surface area contributed by atoms with Gasteiger partial charge in [0, 0.05) is 33.9 Å². The van der Waals surface area contributed by atoms with Crippen molar-refractivity contribution in [3.05, 3.63) is 0 Å². The average Bonchev–Trinajstić information content (AvgIpc) is 3.19. The molecule has 60 heavy (non-hydrogen) atoms. The third kappa shape index (κ3) is 15.6. The molecule has 0 aliphatic carbocycles. The van der Waals surface area contributed by atoms with Crippen LogP contribution in [0.15, 0.2) is 0 Å². The van der Waals surface area contributed by atoms with Gasteiger partial charge in [-0.15, -0.1) is 0 Å². The highest BCUT2D eigenvalue weighted by Crippen LogP contribution is 2.29. The molecular weight excluding hydrogens is 835 g/mol. The highest BCUT2D eigenvalue weighted by molar-refractivity contribution is 7.80. The fourth-order valence-corrected chi connectivity index (χ4v) is 7.68. The topological polar surface area (TPSA) is 334 Å². The third-order valence-electron chi connectivity index (χ3n) is 10.3. The minimum Gasteiger partial charge on any atom is -0.394 e. The van der Waals surface area contributed by atoms with Crippen LogP contribution in [0, 0.1) is 0 Å². The van der Waals surface area contributed by atoms with Gasteiger partial charge in [-0.05, 0) is 37.3 Å². The van der Waals surface area contributed by atoms with Crippen molar-refractivity contribution < 1.29 is 74.2 Å². The summed E-state index contributed by atoms with van der Waals surface area (Å²) < 4.78 is 23.2. The van der Waals surface area contributed by atoms with E-state index in [0.29, 0.717) is 13.1 Å². The molecule has 0 unspecified atom stereocenters. The number of hydrogen-bond donors (Lipinski definition) is 15. The largest absolute Gasteiger partial charge is 0.394 e. The van der Waals surface area contributed by atoms with Crippen LogP contribution in [-0.2, 0) is 33.3 Å². The minimum atomic E-state index is -1.62. The third-order valence-corrected chi connectivity index (χ3v) is 10.9. The van der Waals surface area contributed by atoms with Crippen molar-refractivity contribution >= 4 is 52.4 Å². The molecule has 3 aliphatic heterocycles. The van der Waals surface area contributed by atoms with Gasteiger partial charge in [-0.25, -0.2) is 0 Å². The first kappa shape index (κ1) is 51.7. The summed E-state index contributed by atoms with van der Waals surface area (Å²) in [6.45, 7) is 2.92. The Bertz CT molecular complexity index is 1380. The van der Waals surface area contributed by atoms with Crippen LogP contribution in [0.4, 0.5) is 0 Å². The van der Waals surface area contributed by atoms with E-state index in [4.69, 9.17) is 43.4 Å². The number of thiocarbonyl (C=S) groups is 2. The summed E-state index contributed by atoms with van der Waals surface area (Å²) in [6.07, 6.45) is -8.32. The van der Waals surface area contributed by atoms with E-state index in [1.165, 1.54) is 20.8 Å². The molecular formula is C36H65N7O15S2. The summed E-state index contributed by atoms with van der Waals surface area (Å²) in [5, 5.41) is 102. The Morgan fingerprint density at radius 1 is 0.500 bits per heavy atom. The zero-order valence-corrected chi connectivity index (χ0v) is 35.7. The average molecular weight is 900 g/mol. The number of ether oxygens (including phenoxy) is 4. The molecule has 3 saturated heterocycles. The Hall–Kier alpha value is -2.69. The molecule has 0 spiro atoms. The van der Waals surface area contributed by atoms with Crippen molar-refractivity contribution in [2.24, 2.45) is 0 Å². The summed E-state index contributed by atoms with van der Waals surface area (Å²) in [7, 11) is 0. The van der Waals surface area contributed by atoms with E-state index in [-0.39, 0.29) is 10.2 Å². The van der Waals surface area contributed by atoms with Crippen molar-refractivity contribution in [1.82, 2.24) is 37.2 Å². The van der Waals surface area contributed by atoms with Crippen molar-refractivity contribution in [3.63, 3.8) is 0 Å². The van der Waals surface area contributed by atoms with E-state index in [2.05, 4.69) is 37.2 Å². The van der Waals surface area contributed by atoms with E-state index in [1.54, 1.807) is 0 Å². The predicted octanol–water partition coefficient (Wildman–Crippen LogP) is -5.11. The van der Waals surface area contributed by atoms with Crippen LogP contribution in [0.2, 0.25) is 0 Å². The van der Waals surface area contributed by atoms with Gasteiger partial charge in [0.05, 0.1) is 19.8 Å². The standard InChI is InChI=1S/C36H65N7O15S2/c1-17(47)39-23-28(52)26(50)20(14-44)55-32(23)42-35(59)37-12-10-8-6-4-5-7-9-11-13-38-36(60)43-33-24(40-18(2)48)30(54)31(22(16-46)56-33)58-34-25(41-19(3)49)29(53)27(51)21(15-45)57-34/h20-34,44-46,50-54H,4-16H2,1-3H3,(H,39,47)(H,40,48)(H,41,49)(H2,37,42,59)(H2,38,43,60)/t20-,21-,22-,23-,24-,25-,26-,27-,28-,29-,30-,31-,32-,33-,34+/m1/s1. The van der Waals surface area contributed by atoms with Crippen LogP contribution in [0.3, 0.4) is 0 Å². The van der Waals surface area contributed by atoms with Crippen LogP contribution < -0.4 is 37.2 Å². The number of amides is 3. The fraction of sp³-hybridized carbons (Fsp3) is 0.861. The van der Waals surface area contributed by atoms with Crippen LogP contribution in [0.5, 0.6) is 0 Å². The Morgan fingerprint density at radius 3 is 1.30 bits per heavy atom. The zero-order valence-electron chi connectivity index (χ0n) is 34.1. The Labute approximate surface area is 359 Å². The molecule has 3 heterocycles. The Morgan fingerprint density at radius 2 is 0.867 bits per heavy atom. The molecule has 15 N–H and O–H groups in total. The van der Waals surface area contributed by atoms with Crippen LogP contribution in [0.25, 0.3) is 0 Å². The first-order valence-electron chi connectivity index (χ1n) is 20.3. The molecule has 3 rings (SSSR count). The van der Waals surface area contributed by atoms with Gasteiger partial charge in [0.1, 0.15) is 73.1 Å². The number of hydrogen-bond acceptors (Lipinski definition) is 17. The lowest BCUT2D eigenvalue weighted by Crippen LogP contribution is -2.71. The molecule has 3 fully saturated rings. The summed E-state index contributed by atoms with van der Waals surface area (Å²) >= 11 is 10.8. The van der Waals surface area contributed by atoms with Gasteiger partial charge in [0.15, 0.2) is 29.0 Å². The summed E-state index contributed by atoms with van der Waals surface area (Å²) in [4.78, 5) is 35.7. The SMILES string of the molecule is CC(=O)N[C@@H]1[C@@H](O)[C@H](O[C@@H]2O[C@H](CO)[C@@H](O)[C@H](O)[C@H]2NC(C)=O)[C@@H](CO)O[C@H]1NC(=S)NCCCCCCCCCCNC(=S)N[C@@H]1O[C@H](CO)[C@@H](O)[C@H](O)[C@H]1NC(C)=O. The number of aliphatic hydroxyl groups is 8. The first-order valence-corrected chi connectivity index (χ1v) is 21.1. The van der Waals surface area contributed by atoms with Gasteiger partial charge in [-0.1, -0.05) is 38.5 Å². The second-order valence-corrected chi connectivity index (χ2v) is 16.0. The van der Waals surface area contributed by atoms with E-state index in [1.807, 2.05) is 0 Å². The number of aliphatic hydroxyl groups excluding tert-OH is 8. The van der Waals surface area contributed by atoms with Gasteiger partial charge in [0.2, 0.25) is 17.7 Å². The van der Waals surface area contributed by atoms with Gasteiger partial charge >= 0.3 is 0 Å². The van der Waals surface area contributed by atoms with Crippen molar-refractivity contribution in [1.29, 1.82) is 0 Å². The van der Waals surface area contributed by atoms with Gasteiger partial charge in [-0.3, -0.25) is 14.4 Å². The van der Waals surface area contributed by atoms with Crippen LogP contribution in [-0.4, -0.2) is 194 Å². The molecule has 0 aromatic rings. The van der Waals surface area contributed by atoms with Crippen LogP contribution >= 0.6 is 24.4 Å². The number of unbranched alkanes of at least 4 members (excludes halogenated alkanes) is 7. The lowest BCUT2D eigenvalue weighted by molar-refractivity contribution is -0.315. The number of carbonyl (C=O) groups is 3. The number of rotatable bonds is 21. The molecule has 0 aromatic carbocycles. The molecule has 0 bridgehead atoms. The van der Waals surface area contributed by atoms with E-state index in [9.17, 15) is 55.2 Å². The minimum absolute atomic E-state index is 0.177. The normalized spacial score (nSPS) is 34.1. The quantitative estimate of drug-likeness (QED) is 0.0378. The van der Waals surface area contributed by atoms with Crippen molar-refractivity contribution in [3.8, 4) is 0 Å². The molecule has 3 aliphatic rings. The Kier molecular flexibility index (Phi) is 22.4. The lowest BCUT2D eigenvalue weighted by atomic mass is 9.94. The second-order valence-electron chi connectivity index (χ2n) is 15.1. The smallest absolute Gasteiger partial charge is 0.217 e. The molecule has 0 saturated carbocycles. The monoisotopic (exact) mass is 899 g/mol. The van der Waals surface area contributed by atoms with Gasteiger partial charge < -0.3 is 97.0 Å². The highest BCUT2D eigenvalue weighted by atomic mass is 32.1.